The molecule has 1 amide bonds. The quantitative estimate of drug-likeness (QED) is 0.658. The van der Waals surface area contributed by atoms with E-state index < -0.39 is 0 Å². The summed E-state index contributed by atoms with van der Waals surface area (Å²) < 4.78 is 14.1. The largest absolute Gasteiger partial charge is 0.305 e. The van der Waals surface area contributed by atoms with E-state index in [-0.39, 0.29) is 24.7 Å². The predicted octanol–water partition coefficient (Wildman–Crippen LogP) is 4.94. The minimum Gasteiger partial charge on any atom is -0.305 e. The molecule has 3 aromatic rings. The Morgan fingerprint density at radius 3 is 2.64 bits per heavy atom. The zero-order chi connectivity index (χ0) is 17.2. The maximum absolute atomic E-state index is 14.1. The average Bonchev–Trinajstić information content (AvgIpc) is 3.11. The van der Waals surface area contributed by atoms with Crippen molar-refractivity contribution in [2.24, 2.45) is 4.99 Å². The van der Waals surface area contributed by atoms with Crippen LogP contribution in [-0.4, -0.2) is 11.6 Å². The second-order valence-electron chi connectivity index (χ2n) is 5.77. The molecule has 0 N–H and O–H groups in total. The van der Waals surface area contributed by atoms with E-state index in [0.717, 1.165) is 16.3 Å². The molecule has 5 heteroatoms. The Kier molecular flexibility index (Phi) is 4.15. The number of hydrogen-bond acceptors (Lipinski definition) is 3. The van der Waals surface area contributed by atoms with Gasteiger partial charge >= 0.3 is 0 Å². The third-order valence-electron chi connectivity index (χ3n) is 4.14. The van der Waals surface area contributed by atoms with Crippen LogP contribution in [0.1, 0.15) is 16.9 Å². The van der Waals surface area contributed by atoms with Crippen molar-refractivity contribution in [1.29, 1.82) is 0 Å². The van der Waals surface area contributed by atoms with Gasteiger partial charge in [-0.2, -0.15) is 0 Å². The van der Waals surface area contributed by atoms with Crippen molar-refractivity contribution < 1.29 is 9.18 Å². The first kappa shape index (κ1) is 15.7. The summed E-state index contributed by atoms with van der Waals surface area (Å²) in [6.07, 6.45) is 0.198. The van der Waals surface area contributed by atoms with Gasteiger partial charge in [0.05, 0.1) is 30.1 Å². The van der Waals surface area contributed by atoms with Gasteiger partial charge in [-0.05, 0) is 29.6 Å². The number of carbonyl (C=O) groups is 1. The number of amides is 1. The van der Waals surface area contributed by atoms with Gasteiger partial charge in [0.15, 0.2) is 0 Å². The van der Waals surface area contributed by atoms with Crippen molar-refractivity contribution in [2.75, 3.05) is 4.90 Å². The van der Waals surface area contributed by atoms with Crippen LogP contribution < -0.4 is 4.90 Å². The summed E-state index contributed by atoms with van der Waals surface area (Å²) in [6, 6.07) is 18.0. The number of fused-ring (bicyclic) bond motifs is 1. The van der Waals surface area contributed by atoms with Gasteiger partial charge in [0.2, 0.25) is 5.91 Å². The van der Waals surface area contributed by atoms with Gasteiger partial charge in [-0.15, -0.1) is 11.3 Å². The summed E-state index contributed by atoms with van der Waals surface area (Å²) in [4.78, 5) is 20.2. The topological polar surface area (TPSA) is 32.7 Å². The van der Waals surface area contributed by atoms with E-state index in [1.54, 1.807) is 34.4 Å². The Morgan fingerprint density at radius 1 is 1.04 bits per heavy atom. The molecule has 124 valence electrons. The summed E-state index contributed by atoms with van der Waals surface area (Å²) >= 11 is 1.56. The van der Waals surface area contributed by atoms with Crippen LogP contribution in [0.4, 0.5) is 15.8 Å². The molecule has 0 saturated heterocycles. The van der Waals surface area contributed by atoms with Gasteiger partial charge in [0, 0.05) is 10.4 Å². The number of anilines is 1. The maximum Gasteiger partial charge on any atom is 0.233 e. The predicted molar refractivity (Wildman–Crippen MR) is 99.2 cm³/mol. The molecule has 2 heterocycles. The first-order valence-corrected chi connectivity index (χ1v) is 8.84. The highest BCUT2D eigenvalue weighted by molar-refractivity contribution is 7.12. The van der Waals surface area contributed by atoms with Gasteiger partial charge in [-0.1, -0.05) is 36.4 Å². The third-order valence-corrected chi connectivity index (χ3v) is 5.06. The lowest BCUT2D eigenvalue weighted by Crippen LogP contribution is -2.31. The minimum absolute atomic E-state index is 0.0830. The highest BCUT2D eigenvalue weighted by Gasteiger charge is 2.25. The Morgan fingerprint density at radius 2 is 1.84 bits per heavy atom. The summed E-state index contributed by atoms with van der Waals surface area (Å²) in [5.41, 5.74) is 2.68. The lowest BCUT2D eigenvalue weighted by Gasteiger charge is -2.22. The molecule has 0 unspecified atom stereocenters. The average molecular weight is 350 g/mol. The molecule has 0 saturated carbocycles. The number of rotatable bonds is 3. The molecule has 0 fully saturated rings. The fourth-order valence-electron chi connectivity index (χ4n) is 2.90. The zero-order valence-electron chi connectivity index (χ0n) is 13.4. The van der Waals surface area contributed by atoms with Crippen LogP contribution in [0, 0.1) is 5.82 Å². The molecule has 4 rings (SSSR count). The molecule has 0 bridgehead atoms. The van der Waals surface area contributed by atoms with Crippen molar-refractivity contribution in [2.45, 2.75) is 13.0 Å². The van der Waals surface area contributed by atoms with E-state index in [1.165, 1.54) is 6.07 Å². The number of benzene rings is 2. The molecule has 1 aromatic heterocycles. The molecular weight excluding hydrogens is 335 g/mol. The second kappa shape index (κ2) is 6.61. The van der Waals surface area contributed by atoms with E-state index in [0.29, 0.717) is 11.3 Å². The molecule has 1 aliphatic rings. The summed E-state index contributed by atoms with van der Waals surface area (Å²) in [6.45, 7) is 0.190. The van der Waals surface area contributed by atoms with Gasteiger partial charge in [-0.25, -0.2) is 9.38 Å². The van der Waals surface area contributed by atoms with Gasteiger partial charge in [0.1, 0.15) is 5.82 Å². The molecule has 25 heavy (non-hydrogen) atoms. The number of aliphatic imine (C=N–C) groups is 1. The maximum atomic E-state index is 14.1. The lowest BCUT2D eigenvalue weighted by atomic mass is 10.1. The molecule has 0 radical (unpaired) electrons. The Balaban J connectivity index is 1.76. The number of halogens is 1. The number of para-hydroxylation sites is 2. The molecule has 1 aliphatic heterocycles. The van der Waals surface area contributed by atoms with Crippen molar-refractivity contribution >= 4 is 34.3 Å². The van der Waals surface area contributed by atoms with E-state index in [1.807, 2.05) is 41.8 Å². The van der Waals surface area contributed by atoms with E-state index in [4.69, 9.17) is 4.99 Å². The van der Waals surface area contributed by atoms with Gasteiger partial charge < -0.3 is 4.90 Å². The van der Waals surface area contributed by atoms with Crippen LogP contribution in [0.2, 0.25) is 0 Å². The second-order valence-corrected chi connectivity index (χ2v) is 6.72. The zero-order valence-corrected chi connectivity index (χ0v) is 14.2. The van der Waals surface area contributed by atoms with Crippen molar-refractivity contribution in [1.82, 2.24) is 0 Å². The third kappa shape index (κ3) is 3.10. The van der Waals surface area contributed by atoms with Gasteiger partial charge in [-0.3, -0.25) is 4.79 Å². The Bertz CT molecular complexity index is 950. The smallest absolute Gasteiger partial charge is 0.233 e. The molecular formula is C20H15FN2OS. The molecule has 0 atom stereocenters. The van der Waals surface area contributed by atoms with E-state index in [2.05, 4.69) is 0 Å². The normalized spacial score (nSPS) is 14.0. The number of thiophene rings is 1. The minimum atomic E-state index is -0.309. The summed E-state index contributed by atoms with van der Waals surface area (Å²) in [5, 5.41) is 1.97. The number of carbonyl (C=O) groups excluding carboxylic acids is 1. The Labute approximate surface area is 149 Å². The molecule has 2 aromatic carbocycles. The SMILES string of the molecule is O=C1CC(c2cccs2)=Nc2ccccc2N1Cc1ccccc1F. The highest BCUT2D eigenvalue weighted by atomic mass is 32.1. The van der Waals surface area contributed by atoms with Crippen LogP contribution >= 0.6 is 11.3 Å². The summed E-state index contributed by atoms with van der Waals surface area (Å²) in [7, 11) is 0. The van der Waals surface area contributed by atoms with E-state index >= 15 is 0 Å². The first-order chi connectivity index (χ1) is 12.2. The number of hydrogen-bond donors (Lipinski definition) is 0. The van der Waals surface area contributed by atoms with Crippen molar-refractivity contribution in [3.05, 3.63) is 82.3 Å². The van der Waals surface area contributed by atoms with Gasteiger partial charge in [0.25, 0.3) is 0 Å². The standard InChI is InChI=1S/C20H15FN2OS/c21-15-7-2-1-6-14(15)13-23-18-9-4-3-8-16(18)22-17(12-20(23)24)19-10-5-11-25-19/h1-11H,12-13H2. The summed E-state index contributed by atoms with van der Waals surface area (Å²) in [5.74, 6) is -0.392. The molecule has 0 spiro atoms. The van der Waals surface area contributed by atoms with Crippen LogP contribution in [0.5, 0.6) is 0 Å². The fraction of sp³-hybridized carbons (Fsp3) is 0.100. The van der Waals surface area contributed by atoms with Crippen molar-refractivity contribution in [3.8, 4) is 0 Å². The fourth-order valence-corrected chi connectivity index (χ4v) is 3.61. The molecule has 3 nitrogen and oxygen atoms in total. The first-order valence-electron chi connectivity index (χ1n) is 7.96. The van der Waals surface area contributed by atoms with Crippen LogP contribution in [0.3, 0.4) is 0 Å². The number of nitrogens with zero attached hydrogens (tertiary/aromatic N) is 2. The highest BCUT2D eigenvalue weighted by Crippen LogP contribution is 2.34. The molecule has 0 aliphatic carbocycles. The lowest BCUT2D eigenvalue weighted by molar-refractivity contribution is -0.117. The van der Waals surface area contributed by atoms with E-state index in [9.17, 15) is 9.18 Å². The Hall–Kier alpha value is -2.79. The van der Waals surface area contributed by atoms with Crippen LogP contribution in [0.25, 0.3) is 0 Å². The van der Waals surface area contributed by atoms with Crippen LogP contribution in [-0.2, 0) is 11.3 Å². The monoisotopic (exact) mass is 350 g/mol. The van der Waals surface area contributed by atoms with Crippen LogP contribution in [0.15, 0.2) is 71.0 Å². The van der Waals surface area contributed by atoms with Crippen molar-refractivity contribution in [3.63, 3.8) is 0 Å².